The van der Waals surface area contributed by atoms with Crippen molar-refractivity contribution in [1.29, 1.82) is 0 Å². The number of aromatic nitrogens is 1. The number of ketones is 1. The molecule has 1 heterocycles. The Morgan fingerprint density at radius 3 is 2.32 bits per heavy atom. The summed E-state index contributed by atoms with van der Waals surface area (Å²) in [5, 5.41) is 3.59. The zero-order valence-electron chi connectivity index (χ0n) is 17.5. The summed E-state index contributed by atoms with van der Waals surface area (Å²) in [6.07, 6.45) is 0.614. The van der Waals surface area contributed by atoms with Crippen LogP contribution in [-0.2, 0) is 11.2 Å². The van der Waals surface area contributed by atoms with Crippen LogP contribution in [0, 0.1) is 0 Å². The number of methoxy groups -OCH3 is 1. The van der Waals surface area contributed by atoms with E-state index in [2.05, 4.69) is 10.3 Å². The van der Waals surface area contributed by atoms with Crippen LogP contribution in [0.5, 0.6) is 5.75 Å². The van der Waals surface area contributed by atoms with Gasteiger partial charge in [0.1, 0.15) is 5.75 Å². The van der Waals surface area contributed by atoms with Crippen LogP contribution in [-0.4, -0.2) is 29.8 Å². The molecule has 1 atom stereocenters. The zero-order valence-corrected chi connectivity index (χ0v) is 17.5. The number of nitrogens with one attached hydrogen (secondary N) is 2. The molecule has 1 amide bonds. The Hall–Kier alpha value is -3.86. The molecule has 0 unspecified atom stereocenters. The van der Waals surface area contributed by atoms with Gasteiger partial charge in [0, 0.05) is 16.9 Å². The molecule has 4 aromatic rings. The van der Waals surface area contributed by atoms with Gasteiger partial charge in [-0.1, -0.05) is 60.7 Å². The van der Waals surface area contributed by atoms with Gasteiger partial charge in [-0.05, 0) is 42.7 Å². The van der Waals surface area contributed by atoms with Gasteiger partial charge < -0.3 is 15.0 Å². The molecule has 0 radical (unpaired) electrons. The van der Waals surface area contributed by atoms with Gasteiger partial charge in [-0.15, -0.1) is 0 Å². The van der Waals surface area contributed by atoms with E-state index in [9.17, 15) is 9.59 Å². The highest BCUT2D eigenvalue weighted by Crippen LogP contribution is 2.30. The number of H-pyrrole nitrogens is 1. The molecule has 0 spiro atoms. The lowest BCUT2D eigenvalue weighted by Crippen LogP contribution is -2.38. The lowest BCUT2D eigenvalue weighted by Gasteiger charge is -2.14. The zero-order chi connectivity index (χ0) is 21.8. The Labute approximate surface area is 181 Å². The normalized spacial score (nSPS) is 11.8. The van der Waals surface area contributed by atoms with Gasteiger partial charge in [0.2, 0.25) is 0 Å². The summed E-state index contributed by atoms with van der Waals surface area (Å²) in [6, 6.07) is 24.6. The third kappa shape index (κ3) is 4.36. The second kappa shape index (κ2) is 8.88. The highest BCUT2D eigenvalue weighted by Gasteiger charge is 2.25. The fourth-order valence-electron chi connectivity index (χ4n) is 3.77. The highest BCUT2D eigenvalue weighted by molar-refractivity contribution is 6.46. The van der Waals surface area contributed by atoms with Crippen molar-refractivity contribution in [1.82, 2.24) is 10.3 Å². The predicted molar refractivity (Wildman–Crippen MR) is 122 cm³/mol. The maximum Gasteiger partial charge on any atom is 0.292 e. The molecule has 5 heteroatoms. The molecule has 1 aromatic heterocycles. The lowest BCUT2D eigenvalue weighted by molar-refractivity contribution is -0.117. The molecule has 4 rings (SSSR count). The molecule has 0 bridgehead atoms. The van der Waals surface area contributed by atoms with Crippen molar-refractivity contribution in [3.05, 3.63) is 90.0 Å². The fraction of sp³-hybridized carbons (Fsp3) is 0.154. The third-order valence-corrected chi connectivity index (χ3v) is 5.28. The summed E-state index contributed by atoms with van der Waals surface area (Å²) in [7, 11) is 1.62. The van der Waals surface area contributed by atoms with Gasteiger partial charge in [-0.25, -0.2) is 0 Å². The molecule has 156 valence electrons. The first-order chi connectivity index (χ1) is 15.1. The standard InChI is InChI=1S/C26H24N2O3/c1-17(16-18-12-14-20(31-2)15-13-18)27-26(30)25(29)23-21-10-6-7-11-22(21)28-24(23)19-8-4-3-5-9-19/h3-15,17,28H,16H2,1-2H3,(H,27,30)/t17-/m1/s1. The summed E-state index contributed by atoms with van der Waals surface area (Å²) in [6.45, 7) is 1.89. The van der Waals surface area contributed by atoms with E-state index in [0.717, 1.165) is 27.8 Å². The SMILES string of the molecule is COc1ccc(C[C@@H](C)NC(=O)C(=O)c2c(-c3ccccc3)[nH]c3ccccc23)cc1. The molecular formula is C26H24N2O3. The lowest BCUT2D eigenvalue weighted by atomic mass is 10.0. The number of benzene rings is 3. The average Bonchev–Trinajstić information content (AvgIpc) is 3.19. The summed E-state index contributed by atoms with van der Waals surface area (Å²) in [4.78, 5) is 29.4. The molecule has 0 fully saturated rings. The second-order valence-electron chi connectivity index (χ2n) is 7.54. The van der Waals surface area contributed by atoms with Gasteiger partial charge in [0.15, 0.2) is 0 Å². The van der Waals surface area contributed by atoms with E-state index >= 15 is 0 Å². The fourth-order valence-corrected chi connectivity index (χ4v) is 3.77. The number of Topliss-reactive ketones (excluding diaryl/α,β-unsaturated/α-hetero) is 1. The first-order valence-corrected chi connectivity index (χ1v) is 10.2. The Bertz CT molecular complexity index is 1210. The molecule has 0 aliphatic heterocycles. The molecule has 0 saturated carbocycles. The van der Waals surface area contributed by atoms with Gasteiger partial charge in [-0.2, -0.15) is 0 Å². The summed E-state index contributed by atoms with van der Waals surface area (Å²) >= 11 is 0. The van der Waals surface area contributed by atoms with Crippen molar-refractivity contribution in [2.75, 3.05) is 7.11 Å². The van der Waals surface area contributed by atoms with Gasteiger partial charge in [-0.3, -0.25) is 9.59 Å². The smallest absolute Gasteiger partial charge is 0.292 e. The van der Waals surface area contributed by atoms with Gasteiger partial charge in [0.25, 0.3) is 11.7 Å². The molecule has 2 N–H and O–H groups in total. The van der Waals surface area contributed by atoms with Crippen molar-refractivity contribution in [2.45, 2.75) is 19.4 Å². The van der Waals surface area contributed by atoms with Crippen LogP contribution in [0.25, 0.3) is 22.2 Å². The van der Waals surface area contributed by atoms with Crippen molar-refractivity contribution in [3.8, 4) is 17.0 Å². The number of amides is 1. The third-order valence-electron chi connectivity index (χ3n) is 5.28. The maximum absolute atomic E-state index is 13.2. The Morgan fingerprint density at radius 2 is 1.61 bits per heavy atom. The van der Waals surface area contributed by atoms with E-state index in [4.69, 9.17) is 4.74 Å². The van der Waals surface area contributed by atoms with Crippen LogP contribution in [0.2, 0.25) is 0 Å². The van der Waals surface area contributed by atoms with Gasteiger partial charge >= 0.3 is 0 Å². The summed E-state index contributed by atoms with van der Waals surface area (Å²) in [5.41, 5.74) is 3.80. The topological polar surface area (TPSA) is 71.2 Å². The minimum Gasteiger partial charge on any atom is -0.497 e. The molecule has 0 aliphatic rings. The molecule has 31 heavy (non-hydrogen) atoms. The largest absolute Gasteiger partial charge is 0.497 e. The molecule has 5 nitrogen and oxygen atoms in total. The number of fused-ring (bicyclic) bond motifs is 1. The van der Waals surface area contributed by atoms with Crippen molar-refractivity contribution in [3.63, 3.8) is 0 Å². The van der Waals surface area contributed by atoms with Crippen molar-refractivity contribution < 1.29 is 14.3 Å². The number of ether oxygens (including phenoxy) is 1. The Morgan fingerprint density at radius 1 is 0.935 bits per heavy atom. The monoisotopic (exact) mass is 412 g/mol. The number of carbonyl (C=O) groups is 2. The number of hydrogen-bond donors (Lipinski definition) is 2. The number of carbonyl (C=O) groups excluding carboxylic acids is 2. The predicted octanol–water partition coefficient (Wildman–Crippen LogP) is 4.77. The van der Waals surface area contributed by atoms with E-state index in [1.807, 2.05) is 85.8 Å². The summed E-state index contributed by atoms with van der Waals surface area (Å²) < 4.78 is 5.18. The van der Waals surface area contributed by atoms with Crippen LogP contribution in [0.1, 0.15) is 22.8 Å². The number of para-hydroxylation sites is 1. The minimum atomic E-state index is -0.608. The van der Waals surface area contributed by atoms with E-state index in [-0.39, 0.29) is 6.04 Å². The first-order valence-electron chi connectivity index (χ1n) is 10.2. The second-order valence-corrected chi connectivity index (χ2v) is 7.54. The molecule has 3 aromatic carbocycles. The van der Waals surface area contributed by atoms with Crippen LogP contribution in [0.4, 0.5) is 0 Å². The van der Waals surface area contributed by atoms with E-state index < -0.39 is 11.7 Å². The number of hydrogen-bond acceptors (Lipinski definition) is 3. The minimum absolute atomic E-state index is 0.199. The first kappa shape index (κ1) is 20.4. The van der Waals surface area contributed by atoms with Crippen LogP contribution in [0.3, 0.4) is 0 Å². The summed E-state index contributed by atoms with van der Waals surface area (Å²) in [5.74, 6) is -0.371. The van der Waals surface area contributed by atoms with Gasteiger partial charge in [0.05, 0.1) is 18.4 Å². The Kier molecular flexibility index (Phi) is 5.85. The molecule has 0 aliphatic carbocycles. The Balaban J connectivity index is 1.57. The molecular weight excluding hydrogens is 388 g/mol. The van der Waals surface area contributed by atoms with Crippen LogP contribution < -0.4 is 10.1 Å². The van der Waals surface area contributed by atoms with Crippen LogP contribution in [0.15, 0.2) is 78.9 Å². The molecule has 0 saturated heterocycles. The van der Waals surface area contributed by atoms with E-state index in [1.54, 1.807) is 7.11 Å². The van der Waals surface area contributed by atoms with E-state index in [1.165, 1.54) is 0 Å². The number of aromatic amines is 1. The van der Waals surface area contributed by atoms with Crippen molar-refractivity contribution in [2.24, 2.45) is 0 Å². The average molecular weight is 412 g/mol. The van der Waals surface area contributed by atoms with E-state index in [0.29, 0.717) is 17.7 Å². The number of rotatable bonds is 7. The van der Waals surface area contributed by atoms with Crippen LogP contribution >= 0.6 is 0 Å². The highest BCUT2D eigenvalue weighted by atomic mass is 16.5. The van der Waals surface area contributed by atoms with Crippen molar-refractivity contribution >= 4 is 22.6 Å². The quantitative estimate of drug-likeness (QED) is 0.339. The maximum atomic E-state index is 13.2.